The van der Waals surface area contributed by atoms with Crippen LogP contribution in [0.4, 0.5) is 13.2 Å². The van der Waals surface area contributed by atoms with Crippen LogP contribution in [0.2, 0.25) is 0 Å². The summed E-state index contributed by atoms with van der Waals surface area (Å²) in [5.41, 5.74) is -0.483. The van der Waals surface area contributed by atoms with Gasteiger partial charge in [0.25, 0.3) is 11.6 Å². The third-order valence-corrected chi connectivity index (χ3v) is 2.04. The Kier molecular flexibility index (Phi) is 2.38. The molecule has 0 saturated carbocycles. The number of rotatable bonds is 1. The minimum absolute atomic E-state index is 0.213. The van der Waals surface area contributed by atoms with Crippen molar-refractivity contribution >= 4 is 24.4 Å². The highest BCUT2D eigenvalue weighted by molar-refractivity contribution is 7.80. The van der Waals surface area contributed by atoms with Gasteiger partial charge in [0.1, 0.15) is 5.03 Å². The summed E-state index contributed by atoms with van der Waals surface area (Å²) >= 11 is 4.69. The minimum Gasteiger partial charge on any atom is -0.477 e. The monoisotopic (exact) mass is 263 g/mol. The van der Waals surface area contributed by atoms with Crippen molar-refractivity contribution in [3.05, 3.63) is 17.6 Å². The van der Waals surface area contributed by atoms with E-state index in [0.29, 0.717) is 4.52 Å². The molecular formula is C7H2F3N4O2S. The van der Waals surface area contributed by atoms with Gasteiger partial charge in [-0.25, -0.2) is 9.78 Å². The van der Waals surface area contributed by atoms with Crippen LogP contribution in [0.15, 0.2) is 11.1 Å². The molecular weight excluding hydrogens is 261 g/mol. The number of carboxylic acid groups (broad SMARTS) is 1. The average molecular weight is 263 g/mol. The van der Waals surface area contributed by atoms with Gasteiger partial charge in [0.2, 0.25) is 0 Å². The van der Waals surface area contributed by atoms with Crippen molar-refractivity contribution < 1.29 is 23.1 Å². The standard InChI is InChI=1S/C7H2F3N4O2S/c8-7(9,10)5-12-6-11-2(4(15)16)1-3(17)14(6)13-5/h1H,(H,15,16). The lowest BCUT2D eigenvalue weighted by Gasteiger charge is -1.97. The summed E-state index contributed by atoms with van der Waals surface area (Å²) in [7, 11) is 0. The van der Waals surface area contributed by atoms with Crippen LogP contribution in [0.25, 0.3) is 5.78 Å². The maximum absolute atomic E-state index is 12.3. The number of aromatic carboxylic acids is 1. The molecule has 0 unspecified atom stereocenters. The first kappa shape index (κ1) is 11.5. The van der Waals surface area contributed by atoms with Crippen molar-refractivity contribution in [1.82, 2.24) is 19.6 Å². The first-order valence-corrected chi connectivity index (χ1v) is 4.45. The van der Waals surface area contributed by atoms with Gasteiger partial charge in [-0.3, -0.25) is 0 Å². The Morgan fingerprint density at radius 1 is 1.41 bits per heavy atom. The lowest BCUT2D eigenvalue weighted by atomic mass is 10.4. The van der Waals surface area contributed by atoms with Crippen LogP contribution in [0.5, 0.6) is 0 Å². The molecule has 0 aromatic carbocycles. The Balaban J connectivity index is 2.69. The Morgan fingerprint density at radius 3 is 2.59 bits per heavy atom. The molecule has 2 heterocycles. The van der Waals surface area contributed by atoms with E-state index in [4.69, 9.17) is 5.11 Å². The molecule has 0 amide bonds. The zero-order valence-corrected chi connectivity index (χ0v) is 8.58. The third kappa shape index (κ3) is 1.98. The molecule has 17 heavy (non-hydrogen) atoms. The summed E-state index contributed by atoms with van der Waals surface area (Å²) in [6.07, 6.45) is -4.74. The van der Waals surface area contributed by atoms with Gasteiger partial charge in [-0.15, -0.1) is 5.10 Å². The summed E-state index contributed by atoms with van der Waals surface area (Å²) in [5, 5.41) is 11.5. The van der Waals surface area contributed by atoms with Crippen LogP contribution < -0.4 is 0 Å². The molecule has 2 aromatic rings. The number of carboxylic acids is 1. The zero-order valence-electron chi connectivity index (χ0n) is 7.76. The Bertz CT molecular complexity index is 609. The SMILES string of the molecule is O=C(O)c1cc([S])n2nc(C(F)(F)F)nc2n1. The smallest absolute Gasteiger partial charge is 0.453 e. The molecule has 2 rings (SSSR count). The minimum atomic E-state index is -4.74. The van der Waals surface area contributed by atoms with Crippen LogP contribution in [-0.4, -0.2) is 30.7 Å². The number of hydrogen-bond acceptors (Lipinski definition) is 4. The van der Waals surface area contributed by atoms with Gasteiger partial charge in [-0.1, -0.05) is 12.6 Å². The number of carbonyl (C=O) groups is 1. The summed E-state index contributed by atoms with van der Waals surface area (Å²) in [5.74, 6) is -3.32. The van der Waals surface area contributed by atoms with Gasteiger partial charge in [-0.05, 0) is 0 Å². The molecule has 0 fully saturated rings. The van der Waals surface area contributed by atoms with E-state index in [1.54, 1.807) is 0 Å². The van der Waals surface area contributed by atoms with Crippen molar-refractivity contribution in [3.63, 3.8) is 0 Å². The van der Waals surface area contributed by atoms with Crippen LogP contribution in [0.3, 0.4) is 0 Å². The van der Waals surface area contributed by atoms with E-state index in [0.717, 1.165) is 6.07 Å². The fourth-order valence-corrected chi connectivity index (χ4v) is 1.31. The van der Waals surface area contributed by atoms with Crippen molar-refractivity contribution in [1.29, 1.82) is 0 Å². The maximum Gasteiger partial charge on any atom is 0.453 e. The van der Waals surface area contributed by atoms with E-state index in [-0.39, 0.29) is 5.03 Å². The molecule has 0 spiro atoms. The average Bonchev–Trinajstić information content (AvgIpc) is 2.60. The second-order valence-electron chi connectivity index (χ2n) is 2.93. The van der Waals surface area contributed by atoms with Crippen LogP contribution in [0, 0.1) is 0 Å². The topological polar surface area (TPSA) is 80.4 Å². The molecule has 10 heteroatoms. The molecule has 89 valence electrons. The zero-order chi connectivity index (χ0) is 12.8. The lowest BCUT2D eigenvalue weighted by Crippen LogP contribution is -2.07. The molecule has 0 aliphatic rings. The fourth-order valence-electron chi connectivity index (χ4n) is 1.07. The maximum atomic E-state index is 12.3. The van der Waals surface area contributed by atoms with Crippen molar-refractivity contribution in [2.24, 2.45) is 0 Å². The Hall–Kier alpha value is -1.97. The van der Waals surface area contributed by atoms with Crippen molar-refractivity contribution in [2.45, 2.75) is 11.2 Å². The van der Waals surface area contributed by atoms with Gasteiger partial charge in [0, 0.05) is 6.07 Å². The number of hydrogen-bond donors (Lipinski definition) is 1. The molecule has 0 aliphatic carbocycles. The second-order valence-corrected chi connectivity index (χ2v) is 3.35. The van der Waals surface area contributed by atoms with E-state index in [1.165, 1.54) is 0 Å². The van der Waals surface area contributed by atoms with Crippen molar-refractivity contribution in [3.8, 4) is 0 Å². The first-order valence-electron chi connectivity index (χ1n) is 4.04. The van der Waals surface area contributed by atoms with E-state index >= 15 is 0 Å². The molecule has 1 radical (unpaired) electrons. The highest BCUT2D eigenvalue weighted by Crippen LogP contribution is 2.26. The van der Waals surface area contributed by atoms with Gasteiger partial charge in [0.15, 0.2) is 5.69 Å². The third-order valence-electron chi connectivity index (χ3n) is 1.75. The Labute approximate surface area is 96.5 Å². The number of nitrogens with zero attached hydrogens (tertiary/aromatic N) is 4. The van der Waals surface area contributed by atoms with Crippen molar-refractivity contribution in [2.75, 3.05) is 0 Å². The largest absolute Gasteiger partial charge is 0.477 e. The normalized spacial score (nSPS) is 11.9. The summed E-state index contributed by atoms with van der Waals surface area (Å²) in [4.78, 5) is 17.1. The van der Waals surface area contributed by atoms with E-state index in [2.05, 4.69) is 27.7 Å². The predicted molar refractivity (Wildman–Crippen MR) is 48.6 cm³/mol. The molecule has 2 aromatic heterocycles. The molecule has 0 atom stereocenters. The van der Waals surface area contributed by atoms with Crippen LogP contribution >= 0.6 is 12.6 Å². The lowest BCUT2D eigenvalue weighted by molar-refractivity contribution is -0.144. The number of halogens is 3. The van der Waals surface area contributed by atoms with E-state index in [9.17, 15) is 18.0 Å². The van der Waals surface area contributed by atoms with Crippen LogP contribution in [-0.2, 0) is 6.18 Å². The van der Waals surface area contributed by atoms with E-state index in [1.807, 2.05) is 0 Å². The van der Waals surface area contributed by atoms with Gasteiger partial charge < -0.3 is 5.11 Å². The highest BCUT2D eigenvalue weighted by Gasteiger charge is 2.36. The quantitative estimate of drug-likeness (QED) is 0.786. The number of aromatic nitrogens is 4. The van der Waals surface area contributed by atoms with Gasteiger partial charge in [-0.2, -0.15) is 22.7 Å². The summed E-state index contributed by atoms with van der Waals surface area (Å²) in [6.45, 7) is 0. The Morgan fingerprint density at radius 2 is 2.06 bits per heavy atom. The molecule has 0 saturated heterocycles. The predicted octanol–water partition coefficient (Wildman–Crippen LogP) is 1.40. The van der Waals surface area contributed by atoms with Gasteiger partial charge >= 0.3 is 12.1 Å². The molecule has 6 nitrogen and oxygen atoms in total. The van der Waals surface area contributed by atoms with E-state index < -0.39 is 29.4 Å². The first-order chi connectivity index (χ1) is 7.79. The second kappa shape index (κ2) is 3.52. The summed E-state index contributed by atoms with van der Waals surface area (Å²) in [6, 6.07) is 0.930. The highest BCUT2D eigenvalue weighted by atomic mass is 32.1. The number of alkyl halides is 3. The van der Waals surface area contributed by atoms with Gasteiger partial charge in [0.05, 0.1) is 0 Å². The molecule has 0 aliphatic heterocycles. The van der Waals surface area contributed by atoms with Crippen LogP contribution in [0.1, 0.15) is 16.3 Å². The molecule has 1 N–H and O–H groups in total. The molecule has 0 bridgehead atoms. The number of fused-ring (bicyclic) bond motifs is 1. The fraction of sp³-hybridized carbons (Fsp3) is 0.143. The summed E-state index contributed by atoms with van der Waals surface area (Å²) < 4.78 is 37.6.